The summed E-state index contributed by atoms with van der Waals surface area (Å²) < 4.78 is 0. The monoisotopic (exact) mass is 230 g/mol. The first-order chi connectivity index (χ1) is 8.34. The van der Waals surface area contributed by atoms with Crippen molar-refractivity contribution in [3.05, 3.63) is 47.5 Å². The highest BCUT2D eigenvalue weighted by molar-refractivity contribution is 5.15. The van der Waals surface area contributed by atoms with Gasteiger partial charge in [0.25, 0.3) is 0 Å². The van der Waals surface area contributed by atoms with Gasteiger partial charge in [-0.1, -0.05) is 48.4 Å². The molecule has 0 saturated heterocycles. The van der Waals surface area contributed by atoms with Crippen LogP contribution in [0, 0.1) is 0 Å². The molecule has 1 aliphatic carbocycles. The Hall–Kier alpha value is -1.08. The Balaban J connectivity index is 1.78. The number of hydrogen-bond donors (Lipinski definition) is 1. The van der Waals surface area contributed by atoms with Crippen molar-refractivity contribution in [2.24, 2.45) is 0 Å². The van der Waals surface area contributed by atoms with Gasteiger partial charge in [0.15, 0.2) is 0 Å². The third-order valence-corrected chi connectivity index (χ3v) is 3.48. The number of aliphatic hydroxyl groups excluding tert-OH is 1. The second-order valence-electron chi connectivity index (χ2n) is 4.98. The van der Waals surface area contributed by atoms with E-state index < -0.39 is 0 Å². The van der Waals surface area contributed by atoms with Gasteiger partial charge < -0.3 is 5.11 Å². The van der Waals surface area contributed by atoms with Crippen LogP contribution in [0.2, 0.25) is 0 Å². The minimum atomic E-state index is -0.191. The Morgan fingerprint density at radius 2 is 1.88 bits per heavy atom. The molecule has 1 aromatic carbocycles. The van der Waals surface area contributed by atoms with Gasteiger partial charge in [-0.15, -0.1) is 0 Å². The lowest BCUT2D eigenvalue weighted by molar-refractivity contribution is 0.211. The van der Waals surface area contributed by atoms with E-state index in [9.17, 15) is 5.11 Å². The minimum absolute atomic E-state index is 0.191. The lowest BCUT2D eigenvalue weighted by atomic mass is 10.0. The maximum absolute atomic E-state index is 9.70. The summed E-state index contributed by atoms with van der Waals surface area (Å²) in [5, 5.41) is 9.70. The van der Waals surface area contributed by atoms with Crippen molar-refractivity contribution >= 4 is 0 Å². The zero-order valence-corrected chi connectivity index (χ0v) is 10.4. The molecule has 1 atom stereocenters. The third kappa shape index (κ3) is 4.35. The summed E-state index contributed by atoms with van der Waals surface area (Å²) in [6, 6.07) is 10.6. The van der Waals surface area contributed by atoms with Crippen LogP contribution in [-0.4, -0.2) is 11.2 Å². The molecule has 0 spiro atoms. The molecule has 2 rings (SSSR count). The Labute approximate surface area is 104 Å². The Morgan fingerprint density at radius 1 is 1.06 bits per heavy atom. The van der Waals surface area contributed by atoms with Gasteiger partial charge in [0.2, 0.25) is 0 Å². The van der Waals surface area contributed by atoms with Crippen LogP contribution in [0.25, 0.3) is 0 Å². The molecule has 0 fully saturated rings. The molecular weight excluding hydrogens is 208 g/mol. The Morgan fingerprint density at radius 3 is 2.71 bits per heavy atom. The second-order valence-corrected chi connectivity index (χ2v) is 4.98. The first-order valence-corrected chi connectivity index (χ1v) is 6.76. The molecule has 17 heavy (non-hydrogen) atoms. The molecule has 92 valence electrons. The number of benzene rings is 1. The molecular formula is C16H22O. The zero-order chi connectivity index (χ0) is 11.9. The van der Waals surface area contributed by atoms with Gasteiger partial charge in [0.05, 0.1) is 6.10 Å². The predicted molar refractivity (Wildman–Crippen MR) is 71.9 cm³/mol. The van der Waals surface area contributed by atoms with Gasteiger partial charge >= 0.3 is 0 Å². The van der Waals surface area contributed by atoms with E-state index in [0.29, 0.717) is 0 Å². The number of rotatable bonds is 4. The standard InChI is InChI=1S/C16H22O/c17-16-12-5-4-9-15(13-16)11-6-10-14-7-2-1-3-8-14/h1-3,7-8,13,16-17H,4-6,9-12H2. The van der Waals surface area contributed by atoms with Crippen LogP contribution in [0.5, 0.6) is 0 Å². The van der Waals surface area contributed by atoms with Crippen molar-refractivity contribution in [3.63, 3.8) is 0 Å². The Kier molecular flexibility index (Phi) is 4.81. The van der Waals surface area contributed by atoms with Gasteiger partial charge in [0, 0.05) is 0 Å². The number of hydrogen-bond acceptors (Lipinski definition) is 1. The van der Waals surface area contributed by atoms with Crippen molar-refractivity contribution in [1.82, 2.24) is 0 Å². The van der Waals surface area contributed by atoms with Crippen LogP contribution < -0.4 is 0 Å². The summed E-state index contributed by atoms with van der Waals surface area (Å²) in [6.45, 7) is 0. The smallest absolute Gasteiger partial charge is 0.0723 e. The molecule has 1 nitrogen and oxygen atoms in total. The van der Waals surface area contributed by atoms with E-state index in [1.54, 1.807) is 0 Å². The second kappa shape index (κ2) is 6.61. The maximum atomic E-state index is 9.70. The zero-order valence-electron chi connectivity index (χ0n) is 10.4. The third-order valence-electron chi connectivity index (χ3n) is 3.48. The van der Waals surface area contributed by atoms with E-state index in [-0.39, 0.29) is 6.10 Å². The average molecular weight is 230 g/mol. The fraction of sp³-hybridized carbons (Fsp3) is 0.500. The van der Waals surface area contributed by atoms with Crippen molar-refractivity contribution in [2.75, 3.05) is 0 Å². The van der Waals surface area contributed by atoms with Gasteiger partial charge in [-0.05, 0) is 44.1 Å². The molecule has 1 heteroatoms. The number of aliphatic hydroxyl groups is 1. The van der Waals surface area contributed by atoms with E-state index in [2.05, 4.69) is 36.4 Å². The molecule has 1 aliphatic rings. The molecule has 0 radical (unpaired) electrons. The van der Waals surface area contributed by atoms with Crippen LogP contribution in [0.4, 0.5) is 0 Å². The summed E-state index contributed by atoms with van der Waals surface area (Å²) in [5.74, 6) is 0. The van der Waals surface area contributed by atoms with Crippen LogP contribution in [-0.2, 0) is 6.42 Å². The van der Waals surface area contributed by atoms with E-state index in [1.807, 2.05) is 0 Å². The first-order valence-electron chi connectivity index (χ1n) is 6.76. The molecule has 1 unspecified atom stereocenters. The highest BCUT2D eigenvalue weighted by Crippen LogP contribution is 2.22. The van der Waals surface area contributed by atoms with Crippen molar-refractivity contribution in [3.8, 4) is 0 Å². The van der Waals surface area contributed by atoms with Gasteiger partial charge in [0.1, 0.15) is 0 Å². The number of allylic oxidation sites excluding steroid dienone is 1. The molecule has 0 aromatic heterocycles. The fourth-order valence-electron chi connectivity index (χ4n) is 2.52. The molecule has 0 aliphatic heterocycles. The fourth-order valence-corrected chi connectivity index (χ4v) is 2.52. The molecule has 0 heterocycles. The predicted octanol–water partition coefficient (Wildman–Crippen LogP) is 3.87. The number of aryl methyl sites for hydroxylation is 1. The molecule has 0 amide bonds. The van der Waals surface area contributed by atoms with Crippen LogP contribution in [0.3, 0.4) is 0 Å². The summed E-state index contributed by atoms with van der Waals surface area (Å²) in [6.07, 6.45) is 9.94. The normalized spacial score (nSPS) is 20.8. The van der Waals surface area contributed by atoms with Crippen LogP contribution in [0.1, 0.15) is 44.1 Å². The minimum Gasteiger partial charge on any atom is -0.389 e. The quantitative estimate of drug-likeness (QED) is 0.778. The van der Waals surface area contributed by atoms with E-state index in [1.165, 1.54) is 36.8 Å². The summed E-state index contributed by atoms with van der Waals surface area (Å²) in [5.41, 5.74) is 2.88. The summed E-state index contributed by atoms with van der Waals surface area (Å²) >= 11 is 0. The molecule has 1 aromatic rings. The van der Waals surface area contributed by atoms with Gasteiger partial charge in [-0.25, -0.2) is 0 Å². The molecule has 0 saturated carbocycles. The maximum Gasteiger partial charge on any atom is 0.0723 e. The summed E-state index contributed by atoms with van der Waals surface area (Å²) in [7, 11) is 0. The van der Waals surface area contributed by atoms with E-state index >= 15 is 0 Å². The van der Waals surface area contributed by atoms with Gasteiger partial charge in [-0.3, -0.25) is 0 Å². The van der Waals surface area contributed by atoms with Gasteiger partial charge in [-0.2, -0.15) is 0 Å². The molecule has 0 bridgehead atoms. The molecule has 1 N–H and O–H groups in total. The lowest BCUT2D eigenvalue weighted by Crippen LogP contribution is -2.00. The van der Waals surface area contributed by atoms with Crippen LogP contribution >= 0.6 is 0 Å². The van der Waals surface area contributed by atoms with Crippen LogP contribution in [0.15, 0.2) is 42.0 Å². The van der Waals surface area contributed by atoms with Crippen molar-refractivity contribution < 1.29 is 5.11 Å². The lowest BCUT2D eigenvalue weighted by Gasteiger charge is -2.06. The largest absolute Gasteiger partial charge is 0.389 e. The average Bonchev–Trinajstić information content (AvgIpc) is 2.55. The first kappa shape index (κ1) is 12.4. The van der Waals surface area contributed by atoms with E-state index in [4.69, 9.17) is 0 Å². The van der Waals surface area contributed by atoms with Crippen molar-refractivity contribution in [1.29, 1.82) is 0 Å². The highest BCUT2D eigenvalue weighted by Gasteiger charge is 2.08. The Bertz CT molecular complexity index is 353. The van der Waals surface area contributed by atoms with Crippen molar-refractivity contribution in [2.45, 2.75) is 51.0 Å². The topological polar surface area (TPSA) is 20.2 Å². The SMILES string of the molecule is OC1C=C(CCCc2ccccc2)CCCC1. The van der Waals surface area contributed by atoms with E-state index in [0.717, 1.165) is 19.3 Å². The summed E-state index contributed by atoms with van der Waals surface area (Å²) in [4.78, 5) is 0. The highest BCUT2D eigenvalue weighted by atomic mass is 16.3.